The molecule has 0 atom stereocenters. The van der Waals surface area contributed by atoms with E-state index in [4.69, 9.17) is 11.6 Å². The lowest BCUT2D eigenvalue weighted by Gasteiger charge is -2.04. The highest BCUT2D eigenvalue weighted by atomic mass is 35.5. The molecule has 1 aromatic heterocycles. The fourth-order valence-electron chi connectivity index (χ4n) is 2.43. The van der Waals surface area contributed by atoms with Crippen LogP contribution in [0.1, 0.15) is 5.69 Å². The molecule has 0 amide bonds. The van der Waals surface area contributed by atoms with E-state index in [0.29, 0.717) is 16.4 Å². The lowest BCUT2D eigenvalue weighted by atomic mass is 10.3. The minimum Gasteiger partial charge on any atom is -0.506 e. The number of sulfonamides is 1. The van der Waals surface area contributed by atoms with Crippen LogP contribution in [0.3, 0.4) is 0 Å². The summed E-state index contributed by atoms with van der Waals surface area (Å²) < 4.78 is 26.9. The molecule has 0 aliphatic rings. The summed E-state index contributed by atoms with van der Waals surface area (Å²) in [6.07, 6.45) is 0. The average molecular weight is 422 g/mol. The Hall–Kier alpha value is -2.95. The first-order valence-corrected chi connectivity index (χ1v) is 9.85. The van der Waals surface area contributed by atoms with Crippen LogP contribution in [-0.2, 0) is 10.0 Å². The third-order valence-corrected chi connectivity index (χ3v) is 5.54. The Morgan fingerprint density at radius 3 is 2.57 bits per heavy atom. The predicted octanol–water partition coefficient (Wildman–Crippen LogP) is 3.16. The number of nitrogens with zero attached hydrogens (tertiary/aromatic N) is 3. The van der Waals surface area contributed by atoms with E-state index >= 15 is 0 Å². The van der Waals surface area contributed by atoms with E-state index in [1.165, 1.54) is 23.9 Å². The molecule has 1 heterocycles. The van der Waals surface area contributed by atoms with Crippen molar-refractivity contribution in [3.05, 3.63) is 63.5 Å². The number of hydrogen-bond acceptors (Lipinski definition) is 6. The largest absolute Gasteiger partial charge is 0.506 e. The molecule has 0 radical (unpaired) electrons. The molecular formula is C17H16ClN5O4S. The van der Waals surface area contributed by atoms with Crippen molar-refractivity contribution >= 4 is 33.0 Å². The maximum absolute atomic E-state index is 12.6. The number of azo groups is 1. The van der Waals surface area contributed by atoms with Crippen molar-refractivity contribution in [1.29, 1.82) is 0 Å². The standard InChI is InChI=1S/C17H16ClN5O4S/c1-10-16(17(25)23(22-10)12-5-3-4-11(18)8-12)21-20-14-7-6-13(9-15(14)24)28(26,27)19-2/h3-9,19,22,24H,1-2H3. The molecule has 0 aliphatic heterocycles. The summed E-state index contributed by atoms with van der Waals surface area (Å²) in [4.78, 5) is 12.5. The predicted molar refractivity (Wildman–Crippen MR) is 105 cm³/mol. The van der Waals surface area contributed by atoms with Crippen molar-refractivity contribution in [2.45, 2.75) is 11.8 Å². The van der Waals surface area contributed by atoms with Crippen LogP contribution in [0.15, 0.2) is 62.4 Å². The monoisotopic (exact) mass is 421 g/mol. The Bertz CT molecular complexity index is 1230. The number of aromatic amines is 1. The summed E-state index contributed by atoms with van der Waals surface area (Å²) in [6.45, 7) is 1.65. The van der Waals surface area contributed by atoms with Crippen molar-refractivity contribution in [3.8, 4) is 11.4 Å². The van der Waals surface area contributed by atoms with E-state index in [1.54, 1.807) is 31.2 Å². The zero-order chi connectivity index (χ0) is 20.5. The fraction of sp³-hybridized carbons (Fsp3) is 0.118. The topological polar surface area (TPSA) is 129 Å². The number of aromatic nitrogens is 2. The van der Waals surface area contributed by atoms with Crippen molar-refractivity contribution in [3.63, 3.8) is 0 Å². The van der Waals surface area contributed by atoms with Crippen LogP contribution in [0.4, 0.5) is 11.4 Å². The van der Waals surface area contributed by atoms with Gasteiger partial charge in [-0.1, -0.05) is 17.7 Å². The number of phenols is 1. The van der Waals surface area contributed by atoms with Gasteiger partial charge in [-0.25, -0.2) is 17.8 Å². The van der Waals surface area contributed by atoms with Crippen LogP contribution >= 0.6 is 11.6 Å². The maximum atomic E-state index is 12.6. The van der Waals surface area contributed by atoms with Gasteiger partial charge in [-0.3, -0.25) is 9.89 Å². The molecule has 3 rings (SSSR count). The molecule has 0 spiro atoms. The molecule has 0 saturated heterocycles. The van der Waals surface area contributed by atoms with E-state index < -0.39 is 15.6 Å². The Morgan fingerprint density at radius 1 is 1.18 bits per heavy atom. The number of phenolic OH excluding ortho intramolecular Hbond substituents is 1. The highest BCUT2D eigenvalue weighted by molar-refractivity contribution is 7.89. The normalized spacial score (nSPS) is 12.0. The second kappa shape index (κ2) is 7.58. The van der Waals surface area contributed by atoms with Crippen molar-refractivity contribution in [2.24, 2.45) is 10.2 Å². The molecule has 0 aliphatic carbocycles. The van der Waals surface area contributed by atoms with Crippen molar-refractivity contribution in [2.75, 3.05) is 7.05 Å². The number of benzene rings is 2. The van der Waals surface area contributed by atoms with E-state index in [-0.39, 0.29) is 22.0 Å². The fourth-order valence-corrected chi connectivity index (χ4v) is 3.36. The molecule has 9 nitrogen and oxygen atoms in total. The van der Waals surface area contributed by atoms with Crippen molar-refractivity contribution < 1.29 is 13.5 Å². The minimum absolute atomic E-state index is 0.0179. The summed E-state index contributed by atoms with van der Waals surface area (Å²) in [6, 6.07) is 10.3. The highest BCUT2D eigenvalue weighted by Crippen LogP contribution is 2.30. The Balaban J connectivity index is 1.97. The molecule has 0 saturated carbocycles. The molecular weight excluding hydrogens is 406 g/mol. The van der Waals surface area contributed by atoms with Crippen LogP contribution in [-0.4, -0.2) is 30.4 Å². The van der Waals surface area contributed by atoms with Gasteiger partial charge in [0, 0.05) is 11.1 Å². The number of nitrogens with one attached hydrogen (secondary N) is 2. The van der Waals surface area contributed by atoms with E-state index in [9.17, 15) is 18.3 Å². The lowest BCUT2D eigenvalue weighted by molar-refractivity contribution is 0.474. The third-order valence-electron chi connectivity index (χ3n) is 3.89. The first-order chi connectivity index (χ1) is 13.2. The molecule has 2 aromatic carbocycles. The van der Waals surface area contributed by atoms with Gasteiger partial charge in [0.15, 0.2) is 5.69 Å². The number of rotatable bonds is 5. The Morgan fingerprint density at radius 2 is 1.93 bits per heavy atom. The molecule has 0 unspecified atom stereocenters. The van der Waals surface area contributed by atoms with Crippen LogP contribution in [0.25, 0.3) is 5.69 Å². The van der Waals surface area contributed by atoms with Gasteiger partial charge in [-0.05, 0) is 44.3 Å². The summed E-state index contributed by atoms with van der Waals surface area (Å²) in [5.74, 6) is -0.386. The van der Waals surface area contributed by atoms with Crippen molar-refractivity contribution in [1.82, 2.24) is 14.5 Å². The summed E-state index contributed by atoms with van der Waals surface area (Å²) >= 11 is 5.96. The van der Waals surface area contributed by atoms with Gasteiger partial charge < -0.3 is 5.11 Å². The SMILES string of the molecule is CNS(=O)(=O)c1ccc(N=Nc2c(C)[nH]n(-c3cccc(Cl)c3)c2=O)c(O)c1. The van der Waals surface area contributed by atoms with Gasteiger partial charge >= 0.3 is 0 Å². The number of H-pyrrole nitrogens is 1. The molecule has 3 N–H and O–H groups in total. The highest BCUT2D eigenvalue weighted by Gasteiger charge is 2.15. The summed E-state index contributed by atoms with van der Waals surface area (Å²) in [5, 5.41) is 21.2. The second-order valence-electron chi connectivity index (χ2n) is 5.76. The van der Waals surface area contributed by atoms with Gasteiger partial charge in [-0.15, -0.1) is 10.2 Å². The summed E-state index contributed by atoms with van der Waals surface area (Å²) in [7, 11) is -2.44. The van der Waals surface area contributed by atoms with Crippen LogP contribution < -0.4 is 10.3 Å². The molecule has 0 fully saturated rings. The molecule has 28 heavy (non-hydrogen) atoms. The van der Waals surface area contributed by atoms with Gasteiger partial charge in [0.2, 0.25) is 10.0 Å². The van der Waals surface area contributed by atoms with Gasteiger partial charge in [0.25, 0.3) is 5.56 Å². The first kappa shape index (κ1) is 19.8. The number of aryl methyl sites for hydroxylation is 1. The van der Waals surface area contributed by atoms with Gasteiger partial charge in [0.05, 0.1) is 16.3 Å². The van der Waals surface area contributed by atoms with E-state index in [2.05, 4.69) is 20.0 Å². The molecule has 0 bridgehead atoms. The quantitative estimate of drug-likeness (QED) is 0.546. The van der Waals surface area contributed by atoms with Crippen LogP contribution in [0, 0.1) is 6.92 Å². The van der Waals surface area contributed by atoms with Crippen LogP contribution in [0.5, 0.6) is 5.75 Å². The zero-order valence-electron chi connectivity index (χ0n) is 14.8. The van der Waals surface area contributed by atoms with Gasteiger partial charge in [0.1, 0.15) is 11.4 Å². The number of aromatic hydroxyl groups is 1. The molecule has 3 aromatic rings. The van der Waals surface area contributed by atoms with Crippen LogP contribution in [0.2, 0.25) is 5.02 Å². The third kappa shape index (κ3) is 3.84. The average Bonchev–Trinajstić information content (AvgIpc) is 2.94. The molecule has 146 valence electrons. The Kier molecular flexibility index (Phi) is 5.36. The van der Waals surface area contributed by atoms with E-state index in [1.807, 2.05) is 0 Å². The second-order valence-corrected chi connectivity index (χ2v) is 8.09. The van der Waals surface area contributed by atoms with Gasteiger partial charge in [-0.2, -0.15) is 0 Å². The minimum atomic E-state index is -3.70. The van der Waals surface area contributed by atoms with E-state index in [0.717, 1.165) is 6.07 Å². The number of hydrogen-bond donors (Lipinski definition) is 3. The molecule has 11 heteroatoms. The zero-order valence-corrected chi connectivity index (χ0v) is 16.4. The first-order valence-electron chi connectivity index (χ1n) is 7.99. The Labute approximate surface area is 165 Å². The smallest absolute Gasteiger partial charge is 0.299 e. The number of halogens is 1. The summed E-state index contributed by atoms with van der Waals surface area (Å²) in [5.41, 5.74) is 0.613. The lowest BCUT2D eigenvalue weighted by Crippen LogP contribution is -2.18. The maximum Gasteiger partial charge on any atom is 0.299 e.